The molecule has 52 heavy (non-hydrogen) atoms. The van der Waals surface area contributed by atoms with Gasteiger partial charge in [-0.05, 0) is 169 Å². The lowest BCUT2D eigenvalue weighted by atomic mass is 9.61. The van der Waals surface area contributed by atoms with Crippen LogP contribution in [0.2, 0.25) is 0 Å². The third kappa shape index (κ3) is 6.17. The van der Waals surface area contributed by atoms with Crippen LogP contribution in [0.1, 0.15) is 186 Å². The fourth-order valence-corrected chi connectivity index (χ4v) is 17.4. The maximum atomic E-state index is 7.70. The largest absolute Gasteiger partial charge is 0.374 e. The van der Waals surface area contributed by atoms with E-state index in [0.29, 0.717) is 48.6 Å². The van der Waals surface area contributed by atoms with E-state index >= 15 is 0 Å². The zero-order chi connectivity index (χ0) is 34.2. The minimum atomic E-state index is 0.497. The molecule has 11 rings (SSSR count). The molecule has 3 saturated heterocycles. The van der Waals surface area contributed by atoms with E-state index in [9.17, 15) is 0 Å². The van der Waals surface area contributed by atoms with Crippen molar-refractivity contribution in [1.29, 1.82) is 0 Å². The Morgan fingerprint density at radius 3 is 1.54 bits per heavy atom. The quantitative estimate of drug-likeness (QED) is 0.284. The Kier molecular flexibility index (Phi) is 10.1. The van der Waals surface area contributed by atoms with E-state index in [4.69, 9.17) is 14.2 Å². The van der Waals surface area contributed by atoms with Crippen molar-refractivity contribution in [2.45, 2.75) is 241 Å². The highest BCUT2D eigenvalue weighted by Gasteiger charge is 2.61. The van der Waals surface area contributed by atoms with E-state index in [2.05, 4.69) is 4.90 Å². The van der Waals surface area contributed by atoms with Crippen LogP contribution in [0.5, 0.6) is 0 Å². The molecule has 14 unspecified atom stereocenters. The van der Waals surface area contributed by atoms with Crippen molar-refractivity contribution in [3.63, 3.8) is 0 Å². The van der Waals surface area contributed by atoms with Crippen molar-refractivity contribution in [1.82, 2.24) is 4.90 Å². The van der Waals surface area contributed by atoms with Crippen molar-refractivity contribution in [2.75, 3.05) is 0 Å². The molecule has 0 radical (unpaired) electrons. The van der Waals surface area contributed by atoms with Crippen molar-refractivity contribution in [2.24, 2.45) is 59.2 Å². The number of rotatable bonds is 5. The standard InChI is InChI=1S/C48H77NO3/c1-2-10-30(11-3-1)31-20-24-33(25-21-31)49(34-26-22-32(23-27-34)35-14-9-19-43-45(35)38-12-4-6-17-41(38)50-43)40-16-8-15-36-37-28-29-44-46(48(37)52-47(36)40)39-13-5-7-18-42(39)51-44/h30-48H,1-29H2. The molecule has 14 atom stereocenters. The first-order valence-corrected chi connectivity index (χ1v) is 24.5. The predicted molar refractivity (Wildman–Crippen MR) is 208 cm³/mol. The van der Waals surface area contributed by atoms with Crippen LogP contribution in [0.4, 0.5) is 0 Å². The molecule has 4 nitrogen and oxygen atoms in total. The lowest BCUT2D eigenvalue weighted by Crippen LogP contribution is -2.58. The minimum Gasteiger partial charge on any atom is -0.374 e. The van der Waals surface area contributed by atoms with E-state index in [1.807, 2.05) is 0 Å². The van der Waals surface area contributed by atoms with Crippen LogP contribution in [0.25, 0.3) is 0 Å². The highest BCUT2D eigenvalue weighted by molar-refractivity contribution is 5.10. The second kappa shape index (κ2) is 15.0. The lowest BCUT2D eigenvalue weighted by molar-refractivity contribution is -0.105. The van der Waals surface area contributed by atoms with Crippen LogP contribution in [0.15, 0.2) is 0 Å². The minimum absolute atomic E-state index is 0.497. The van der Waals surface area contributed by atoms with Gasteiger partial charge in [-0.2, -0.15) is 0 Å². The summed E-state index contributed by atoms with van der Waals surface area (Å²) >= 11 is 0. The van der Waals surface area contributed by atoms with Gasteiger partial charge < -0.3 is 14.2 Å². The van der Waals surface area contributed by atoms with Crippen LogP contribution >= 0.6 is 0 Å². The molecule has 0 aromatic heterocycles. The summed E-state index contributed by atoms with van der Waals surface area (Å²) in [6.07, 6.45) is 45.4. The Labute approximate surface area is 318 Å². The molecule has 0 N–H and O–H groups in total. The summed E-state index contributed by atoms with van der Waals surface area (Å²) in [6.45, 7) is 0. The summed E-state index contributed by atoms with van der Waals surface area (Å²) in [5.74, 6) is 8.91. The lowest BCUT2D eigenvalue weighted by Gasteiger charge is -2.52. The third-order valence-corrected chi connectivity index (χ3v) is 19.5. The summed E-state index contributed by atoms with van der Waals surface area (Å²) in [4.78, 5) is 3.31. The Morgan fingerprint density at radius 2 is 0.808 bits per heavy atom. The molecule has 11 aliphatic rings. The first kappa shape index (κ1) is 35.0. The molecule has 0 amide bonds. The molecule has 8 aliphatic carbocycles. The van der Waals surface area contributed by atoms with Gasteiger partial charge in [-0.15, -0.1) is 0 Å². The van der Waals surface area contributed by atoms with Gasteiger partial charge in [-0.3, -0.25) is 4.90 Å². The number of nitrogens with zero attached hydrogens (tertiary/aromatic N) is 1. The van der Waals surface area contributed by atoms with Gasteiger partial charge in [0.05, 0.1) is 36.6 Å². The highest BCUT2D eigenvalue weighted by atomic mass is 16.5. The molecule has 8 saturated carbocycles. The Hall–Kier alpha value is -0.160. The Balaban J connectivity index is 0.829. The van der Waals surface area contributed by atoms with E-state index in [1.54, 1.807) is 0 Å². The van der Waals surface area contributed by atoms with Crippen LogP contribution in [-0.4, -0.2) is 59.6 Å². The van der Waals surface area contributed by atoms with Crippen molar-refractivity contribution in [3.8, 4) is 0 Å². The molecule has 11 fully saturated rings. The molecule has 0 spiro atoms. The summed E-state index contributed by atoms with van der Waals surface area (Å²) in [7, 11) is 0. The zero-order valence-corrected chi connectivity index (χ0v) is 33.1. The molecule has 3 aliphatic heterocycles. The number of hydrogen-bond acceptors (Lipinski definition) is 4. The molecule has 3 heterocycles. The number of hydrogen-bond donors (Lipinski definition) is 0. The normalized spacial score (nSPS) is 53.7. The molecule has 0 aromatic carbocycles. The second-order valence-electron chi connectivity index (χ2n) is 21.5. The molecule has 0 bridgehead atoms. The van der Waals surface area contributed by atoms with Gasteiger partial charge in [0.1, 0.15) is 0 Å². The van der Waals surface area contributed by atoms with Crippen molar-refractivity contribution in [3.05, 3.63) is 0 Å². The maximum Gasteiger partial charge on any atom is 0.0766 e. The number of ether oxygens (including phenoxy) is 3. The number of fused-ring (bicyclic) bond motifs is 10. The van der Waals surface area contributed by atoms with Gasteiger partial charge in [0.25, 0.3) is 0 Å². The van der Waals surface area contributed by atoms with E-state index in [0.717, 1.165) is 65.3 Å². The average molecular weight is 716 g/mol. The van der Waals surface area contributed by atoms with Gasteiger partial charge in [0.2, 0.25) is 0 Å². The summed E-state index contributed by atoms with van der Waals surface area (Å²) in [6, 6.07) is 2.29. The van der Waals surface area contributed by atoms with Gasteiger partial charge in [0.15, 0.2) is 0 Å². The van der Waals surface area contributed by atoms with Crippen LogP contribution in [-0.2, 0) is 14.2 Å². The van der Waals surface area contributed by atoms with Crippen LogP contribution in [0, 0.1) is 59.2 Å². The topological polar surface area (TPSA) is 30.9 Å². The summed E-state index contributed by atoms with van der Waals surface area (Å²) < 4.78 is 21.4. The van der Waals surface area contributed by atoms with Crippen molar-refractivity contribution < 1.29 is 14.2 Å². The molecule has 292 valence electrons. The predicted octanol–water partition coefficient (Wildman–Crippen LogP) is 11.3. The SMILES string of the molecule is C1CCC(C2CCC(N(C3CCC(C4CCCC5OC6CCCCC6C54)CC3)C3CCCC4C5CCC6OC7CCCCC7C6C5OC43)CC2)CC1. The summed E-state index contributed by atoms with van der Waals surface area (Å²) in [5.41, 5.74) is 0. The molecule has 0 aromatic rings. The molecular weight excluding hydrogens is 639 g/mol. The van der Waals surface area contributed by atoms with Gasteiger partial charge in [-0.1, -0.05) is 70.6 Å². The van der Waals surface area contributed by atoms with E-state index in [-0.39, 0.29) is 0 Å². The monoisotopic (exact) mass is 716 g/mol. The smallest absolute Gasteiger partial charge is 0.0766 e. The van der Waals surface area contributed by atoms with Crippen molar-refractivity contribution >= 4 is 0 Å². The van der Waals surface area contributed by atoms with Gasteiger partial charge >= 0.3 is 0 Å². The van der Waals surface area contributed by atoms with Crippen LogP contribution in [0.3, 0.4) is 0 Å². The fourth-order valence-electron chi connectivity index (χ4n) is 17.4. The fraction of sp³-hybridized carbons (Fsp3) is 1.00. The molecular formula is C48H77NO3. The van der Waals surface area contributed by atoms with E-state index < -0.39 is 0 Å². The Bertz CT molecular complexity index is 1200. The zero-order valence-electron chi connectivity index (χ0n) is 33.1. The maximum absolute atomic E-state index is 7.70. The first-order valence-electron chi connectivity index (χ1n) is 24.5. The Morgan fingerprint density at radius 1 is 0.288 bits per heavy atom. The third-order valence-electron chi connectivity index (χ3n) is 19.5. The summed E-state index contributed by atoms with van der Waals surface area (Å²) in [5, 5.41) is 0. The first-order chi connectivity index (χ1) is 25.8. The van der Waals surface area contributed by atoms with Crippen LogP contribution < -0.4 is 0 Å². The van der Waals surface area contributed by atoms with Gasteiger partial charge in [0, 0.05) is 24.0 Å². The van der Waals surface area contributed by atoms with E-state index in [1.165, 1.54) is 186 Å². The highest BCUT2D eigenvalue weighted by Crippen LogP contribution is 2.58. The van der Waals surface area contributed by atoms with Gasteiger partial charge in [-0.25, -0.2) is 0 Å². The average Bonchev–Trinajstić information content (AvgIpc) is 3.90. The molecule has 4 heteroatoms. The second-order valence-corrected chi connectivity index (χ2v) is 21.5.